The minimum absolute atomic E-state index is 0.374. The molecule has 0 aliphatic heterocycles. The Morgan fingerprint density at radius 2 is 2.21 bits per heavy atom. The van der Waals surface area contributed by atoms with Gasteiger partial charge in [-0.25, -0.2) is 4.79 Å². The van der Waals surface area contributed by atoms with Gasteiger partial charge in [0.25, 0.3) is 0 Å². The summed E-state index contributed by atoms with van der Waals surface area (Å²) in [6.07, 6.45) is 2.44. The van der Waals surface area contributed by atoms with Gasteiger partial charge in [-0.15, -0.1) is 0 Å². The van der Waals surface area contributed by atoms with Crippen molar-refractivity contribution < 1.29 is 14.6 Å². The van der Waals surface area contributed by atoms with Gasteiger partial charge in [0.15, 0.2) is 0 Å². The van der Waals surface area contributed by atoms with E-state index >= 15 is 0 Å². The molecule has 0 aliphatic carbocycles. The number of benzene rings is 1. The Morgan fingerprint density at radius 3 is 2.84 bits per heavy atom. The van der Waals surface area contributed by atoms with E-state index in [1.807, 2.05) is 0 Å². The van der Waals surface area contributed by atoms with Crippen LogP contribution in [0, 0.1) is 0 Å². The van der Waals surface area contributed by atoms with E-state index in [0.717, 1.165) is 17.6 Å². The summed E-state index contributed by atoms with van der Waals surface area (Å²) < 4.78 is 5.60. The van der Waals surface area contributed by atoms with Crippen molar-refractivity contribution in [3.8, 4) is 5.75 Å². The Labute approximate surface area is 126 Å². The third-order valence-corrected chi connectivity index (χ3v) is 3.48. The van der Waals surface area contributed by atoms with Gasteiger partial charge in [0.1, 0.15) is 5.75 Å². The Hall–Kier alpha value is -0.840. The number of carbonyl (C=O) groups is 1. The minimum atomic E-state index is -1.04. The number of hydrogen-bond donors (Lipinski definition) is 1. The van der Waals surface area contributed by atoms with Crippen LogP contribution in [0.25, 0.3) is 6.08 Å². The zero-order valence-corrected chi connectivity index (χ0v) is 12.7. The van der Waals surface area contributed by atoms with Crippen LogP contribution in [0.4, 0.5) is 0 Å². The second-order valence-electron chi connectivity index (χ2n) is 3.52. The van der Waals surface area contributed by atoms with Crippen molar-refractivity contribution in [2.45, 2.75) is 6.92 Å². The van der Waals surface area contributed by atoms with Crippen LogP contribution in [-0.2, 0) is 4.79 Å². The smallest absolute Gasteiger partial charge is 0.328 e. The first-order valence-corrected chi connectivity index (χ1v) is 7.56. The van der Waals surface area contributed by atoms with Crippen LogP contribution in [0.2, 0.25) is 10.0 Å². The van der Waals surface area contributed by atoms with Crippen LogP contribution in [0.1, 0.15) is 12.5 Å². The molecule has 1 N–H and O–H groups in total. The summed E-state index contributed by atoms with van der Waals surface area (Å²) in [6.45, 7) is 2.58. The zero-order valence-electron chi connectivity index (χ0n) is 10.4. The minimum Gasteiger partial charge on any atom is -0.491 e. The summed E-state index contributed by atoms with van der Waals surface area (Å²) in [5.41, 5.74) is 0.557. The fourth-order valence-corrected chi connectivity index (χ4v) is 2.42. The maximum atomic E-state index is 10.6. The highest BCUT2D eigenvalue weighted by Crippen LogP contribution is 2.33. The molecule has 3 nitrogen and oxygen atoms in total. The molecular formula is C13H14Cl2O3S. The molecule has 1 aromatic rings. The van der Waals surface area contributed by atoms with Gasteiger partial charge in [-0.05, 0) is 24.0 Å². The summed E-state index contributed by atoms with van der Waals surface area (Å²) in [6, 6.07) is 3.19. The van der Waals surface area contributed by atoms with E-state index in [1.165, 1.54) is 6.08 Å². The number of carboxylic acids is 1. The largest absolute Gasteiger partial charge is 0.491 e. The lowest BCUT2D eigenvalue weighted by molar-refractivity contribution is -0.131. The molecule has 0 aromatic heterocycles. The quantitative estimate of drug-likeness (QED) is 0.603. The lowest BCUT2D eigenvalue weighted by Crippen LogP contribution is -2.02. The number of aliphatic carboxylic acids is 1. The lowest BCUT2D eigenvalue weighted by atomic mass is 10.2. The maximum Gasteiger partial charge on any atom is 0.328 e. The highest BCUT2D eigenvalue weighted by Gasteiger charge is 2.09. The van der Waals surface area contributed by atoms with Crippen LogP contribution in [0.15, 0.2) is 18.2 Å². The Balaban J connectivity index is 2.89. The highest BCUT2D eigenvalue weighted by atomic mass is 35.5. The standard InChI is InChI=1S/C13H14Cl2O3S/c1-2-19-6-5-18-13-9(3-4-12(16)17)7-10(14)8-11(13)15/h3-4,7-8H,2,5-6H2,1H3,(H,16,17)/b4-3+. The molecule has 1 aromatic carbocycles. The third-order valence-electron chi connectivity index (χ3n) is 2.12. The van der Waals surface area contributed by atoms with E-state index in [0.29, 0.717) is 28.0 Å². The fraction of sp³-hybridized carbons (Fsp3) is 0.308. The Morgan fingerprint density at radius 1 is 1.47 bits per heavy atom. The van der Waals surface area contributed by atoms with Gasteiger partial charge in [0.2, 0.25) is 0 Å². The van der Waals surface area contributed by atoms with Gasteiger partial charge >= 0.3 is 5.97 Å². The molecular weight excluding hydrogens is 307 g/mol. The van der Waals surface area contributed by atoms with Gasteiger partial charge < -0.3 is 9.84 Å². The molecule has 0 spiro atoms. The van der Waals surface area contributed by atoms with E-state index < -0.39 is 5.97 Å². The molecule has 6 heteroatoms. The predicted molar refractivity (Wildman–Crippen MR) is 81.6 cm³/mol. The molecule has 0 atom stereocenters. The molecule has 0 bridgehead atoms. The Bertz CT molecular complexity index is 475. The van der Waals surface area contributed by atoms with Crippen molar-refractivity contribution in [2.75, 3.05) is 18.1 Å². The summed E-state index contributed by atoms with van der Waals surface area (Å²) >= 11 is 13.7. The second kappa shape index (κ2) is 8.35. The summed E-state index contributed by atoms with van der Waals surface area (Å²) in [7, 11) is 0. The average Bonchev–Trinajstić information content (AvgIpc) is 2.34. The van der Waals surface area contributed by atoms with Crippen molar-refractivity contribution in [1.29, 1.82) is 0 Å². The van der Waals surface area contributed by atoms with Crippen LogP contribution < -0.4 is 4.74 Å². The average molecular weight is 321 g/mol. The lowest BCUT2D eigenvalue weighted by Gasteiger charge is -2.11. The first-order valence-electron chi connectivity index (χ1n) is 5.65. The van der Waals surface area contributed by atoms with E-state index in [9.17, 15) is 4.79 Å². The molecule has 19 heavy (non-hydrogen) atoms. The SMILES string of the molecule is CCSCCOc1c(Cl)cc(Cl)cc1/C=C/C(=O)O. The molecule has 0 radical (unpaired) electrons. The predicted octanol–water partition coefficient (Wildman–Crippen LogP) is 4.22. The fourth-order valence-electron chi connectivity index (χ4n) is 1.36. The molecule has 0 amide bonds. The van der Waals surface area contributed by atoms with E-state index in [1.54, 1.807) is 23.9 Å². The van der Waals surface area contributed by atoms with Gasteiger partial charge in [-0.1, -0.05) is 30.1 Å². The van der Waals surface area contributed by atoms with Crippen molar-refractivity contribution >= 4 is 47.0 Å². The number of thioether (sulfide) groups is 1. The molecule has 0 heterocycles. The first-order chi connectivity index (χ1) is 9.04. The van der Waals surface area contributed by atoms with Crippen molar-refractivity contribution in [3.63, 3.8) is 0 Å². The Kier molecular flexibility index (Phi) is 7.13. The molecule has 1 rings (SSSR count). The zero-order chi connectivity index (χ0) is 14.3. The van der Waals surface area contributed by atoms with Crippen LogP contribution in [-0.4, -0.2) is 29.2 Å². The van der Waals surface area contributed by atoms with Crippen molar-refractivity contribution in [2.24, 2.45) is 0 Å². The van der Waals surface area contributed by atoms with Crippen LogP contribution in [0.5, 0.6) is 5.75 Å². The molecule has 0 fully saturated rings. The molecule has 0 saturated heterocycles. The highest BCUT2D eigenvalue weighted by molar-refractivity contribution is 7.99. The normalized spacial score (nSPS) is 10.9. The third kappa shape index (κ3) is 5.76. The monoisotopic (exact) mass is 320 g/mol. The second-order valence-corrected chi connectivity index (χ2v) is 5.76. The van der Waals surface area contributed by atoms with Crippen molar-refractivity contribution in [3.05, 3.63) is 33.8 Å². The molecule has 0 aliphatic rings. The van der Waals surface area contributed by atoms with Crippen LogP contribution in [0.3, 0.4) is 0 Å². The number of rotatable bonds is 7. The maximum absolute atomic E-state index is 10.6. The molecule has 0 saturated carbocycles. The number of ether oxygens (including phenoxy) is 1. The summed E-state index contributed by atoms with van der Waals surface area (Å²) in [5.74, 6) is 1.28. The van der Waals surface area contributed by atoms with E-state index in [4.69, 9.17) is 33.0 Å². The van der Waals surface area contributed by atoms with Gasteiger partial charge in [0.05, 0.1) is 11.6 Å². The van der Waals surface area contributed by atoms with Crippen LogP contribution >= 0.6 is 35.0 Å². The van der Waals surface area contributed by atoms with Gasteiger partial charge in [0, 0.05) is 22.4 Å². The van der Waals surface area contributed by atoms with E-state index in [-0.39, 0.29) is 0 Å². The number of hydrogen-bond acceptors (Lipinski definition) is 3. The molecule has 0 unspecified atom stereocenters. The first kappa shape index (κ1) is 16.2. The van der Waals surface area contributed by atoms with Crippen molar-refractivity contribution in [1.82, 2.24) is 0 Å². The molecule has 104 valence electrons. The number of halogens is 2. The summed E-state index contributed by atoms with van der Waals surface area (Å²) in [4.78, 5) is 10.6. The topological polar surface area (TPSA) is 46.5 Å². The van der Waals surface area contributed by atoms with Gasteiger partial charge in [-0.2, -0.15) is 11.8 Å². The summed E-state index contributed by atoms with van der Waals surface area (Å²) in [5, 5.41) is 9.46. The number of carboxylic acid groups (broad SMARTS) is 1. The van der Waals surface area contributed by atoms with Gasteiger partial charge in [-0.3, -0.25) is 0 Å². The van der Waals surface area contributed by atoms with E-state index in [2.05, 4.69) is 6.92 Å².